The zero-order valence-corrected chi connectivity index (χ0v) is 10.4. The van der Waals surface area contributed by atoms with Gasteiger partial charge in [0.25, 0.3) is 0 Å². The zero-order valence-electron chi connectivity index (χ0n) is 10.4. The predicted octanol–water partition coefficient (Wildman–Crippen LogP) is 1.09. The van der Waals surface area contributed by atoms with Crippen LogP contribution in [-0.2, 0) is 11.2 Å². The minimum Gasteiger partial charge on any atom is -0.399 e. The van der Waals surface area contributed by atoms with Gasteiger partial charge in [0, 0.05) is 18.7 Å². The van der Waals surface area contributed by atoms with Gasteiger partial charge in [-0.15, -0.1) is 0 Å². The third kappa shape index (κ3) is 5.36. The smallest absolute Gasteiger partial charge is 0.220 e. The molecule has 0 atom stereocenters. The summed E-state index contributed by atoms with van der Waals surface area (Å²) in [6, 6.07) is 7.51. The van der Waals surface area contributed by atoms with Gasteiger partial charge in [0.15, 0.2) is 0 Å². The van der Waals surface area contributed by atoms with Crippen LogP contribution in [0.15, 0.2) is 24.3 Å². The van der Waals surface area contributed by atoms with Crippen LogP contribution in [0.2, 0.25) is 0 Å². The van der Waals surface area contributed by atoms with E-state index in [1.54, 1.807) is 13.8 Å². The fourth-order valence-corrected chi connectivity index (χ4v) is 1.41. The second-order valence-electron chi connectivity index (χ2n) is 4.79. The minimum atomic E-state index is -0.874. The topological polar surface area (TPSA) is 75.3 Å². The zero-order chi connectivity index (χ0) is 12.9. The average molecular weight is 236 g/mol. The van der Waals surface area contributed by atoms with Gasteiger partial charge in [0.1, 0.15) is 0 Å². The summed E-state index contributed by atoms with van der Waals surface area (Å²) in [7, 11) is 0. The number of hydrogen-bond acceptors (Lipinski definition) is 3. The molecule has 0 aliphatic heterocycles. The van der Waals surface area contributed by atoms with Crippen LogP contribution in [0.5, 0.6) is 0 Å². The molecule has 1 amide bonds. The number of nitrogens with two attached hydrogens (primary N) is 1. The number of amides is 1. The molecule has 4 N–H and O–H groups in total. The van der Waals surface area contributed by atoms with Crippen molar-refractivity contribution in [2.24, 2.45) is 0 Å². The van der Waals surface area contributed by atoms with Gasteiger partial charge in [-0.25, -0.2) is 0 Å². The Hall–Kier alpha value is -1.55. The summed E-state index contributed by atoms with van der Waals surface area (Å²) in [5.74, 6) is -0.0737. The van der Waals surface area contributed by atoms with Crippen molar-refractivity contribution in [3.05, 3.63) is 29.8 Å². The first-order chi connectivity index (χ1) is 7.88. The SMILES string of the molecule is CC(C)(O)CNC(=O)CCc1ccccc1N. The fraction of sp³-hybridized carbons (Fsp3) is 0.462. The van der Waals surface area contributed by atoms with Crippen molar-refractivity contribution in [3.8, 4) is 0 Å². The van der Waals surface area contributed by atoms with E-state index in [4.69, 9.17) is 5.73 Å². The number of hydrogen-bond donors (Lipinski definition) is 3. The standard InChI is InChI=1S/C13H20N2O2/c1-13(2,17)9-15-12(16)8-7-10-5-3-4-6-11(10)14/h3-6,17H,7-9,14H2,1-2H3,(H,15,16). The maximum Gasteiger partial charge on any atom is 0.220 e. The van der Waals surface area contributed by atoms with Crippen molar-refractivity contribution >= 4 is 11.6 Å². The van der Waals surface area contributed by atoms with Crippen LogP contribution in [0.3, 0.4) is 0 Å². The summed E-state index contributed by atoms with van der Waals surface area (Å²) in [6.45, 7) is 3.57. The van der Waals surface area contributed by atoms with E-state index >= 15 is 0 Å². The summed E-state index contributed by atoms with van der Waals surface area (Å²) in [5, 5.41) is 12.1. The normalized spacial score (nSPS) is 11.2. The van der Waals surface area contributed by atoms with E-state index in [1.165, 1.54) is 0 Å². The van der Waals surface area contributed by atoms with Gasteiger partial charge in [-0.1, -0.05) is 18.2 Å². The summed E-state index contributed by atoms with van der Waals surface area (Å²) in [4.78, 5) is 11.5. The summed E-state index contributed by atoms with van der Waals surface area (Å²) < 4.78 is 0. The van der Waals surface area contributed by atoms with E-state index in [0.29, 0.717) is 18.5 Å². The van der Waals surface area contributed by atoms with Crippen molar-refractivity contribution in [1.82, 2.24) is 5.32 Å². The van der Waals surface area contributed by atoms with Gasteiger partial charge in [-0.2, -0.15) is 0 Å². The molecule has 0 aliphatic carbocycles. The Morgan fingerprint density at radius 1 is 1.41 bits per heavy atom. The molecule has 17 heavy (non-hydrogen) atoms. The lowest BCUT2D eigenvalue weighted by Gasteiger charge is -2.17. The third-order valence-corrected chi connectivity index (χ3v) is 2.39. The Kier molecular flexibility index (Phi) is 4.52. The molecule has 0 saturated carbocycles. The Balaban J connectivity index is 2.36. The number of aryl methyl sites for hydroxylation is 1. The molecule has 0 radical (unpaired) electrons. The Morgan fingerprint density at radius 2 is 2.06 bits per heavy atom. The van der Waals surface area contributed by atoms with Crippen molar-refractivity contribution in [2.75, 3.05) is 12.3 Å². The number of benzene rings is 1. The maximum absolute atomic E-state index is 11.5. The Morgan fingerprint density at radius 3 is 2.65 bits per heavy atom. The monoisotopic (exact) mass is 236 g/mol. The summed E-state index contributed by atoms with van der Waals surface area (Å²) in [5.41, 5.74) is 6.59. The first-order valence-corrected chi connectivity index (χ1v) is 5.71. The lowest BCUT2D eigenvalue weighted by Crippen LogP contribution is -2.38. The number of carbonyl (C=O) groups is 1. The molecule has 1 rings (SSSR count). The average Bonchev–Trinajstić information content (AvgIpc) is 2.24. The second kappa shape index (κ2) is 5.68. The minimum absolute atomic E-state index is 0.0737. The van der Waals surface area contributed by atoms with Crippen LogP contribution in [0, 0.1) is 0 Å². The van der Waals surface area contributed by atoms with Crippen molar-refractivity contribution in [2.45, 2.75) is 32.3 Å². The number of aliphatic hydroxyl groups is 1. The van der Waals surface area contributed by atoms with Gasteiger partial charge in [-0.05, 0) is 31.9 Å². The van der Waals surface area contributed by atoms with Crippen molar-refractivity contribution < 1.29 is 9.90 Å². The van der Waals surface area contributed by atoms with Crippen molar-refractivity contribution in [1.29, 1.82) is 0 Å². The molecule has 1 aromatic carbocycles. The highest BCUT2D eigenvalue weighted by Crippen LogP contribution is 2.12. The van der Waals surface area contributed by atoms with Gasteiger partial charge < -0.3 is 16.2 Å². The highest BCUT2D eigenvalue weighted by atomic mass is 16.3. The van der Waals surface area contributed by atoms with Gasteiger partial charge >= 0.3 is 0 Å². The Labute approximate surface area is 102 Å². The molecule has 0 fully saturated rings. The van der Waals surface area contributed by atoms with E-state index in [-0.39, 0.29) is 12.5 Å². The van der Waals surface area contributed by atoms with Crippen LogP contribution < -0.4 is 11.1 Å². The first kappa shape index (κ1) is 13.5. The van der Waals surface area contributed by atoms with E-state index in [9.17, 15) is 9.90 Å². The molecule has 94 valence electrons. The first-order valence-electron chi connectivity index (χ1n) is 5.71. The summed E-state index contributed by atoms with van der Waals surface area (Å²) >= 11 is 0. The summed E-state index contributed by atoms with van der Waals surface area (Å²) in [6.07, 6.45) is 0.995. The predicted molar refractivity (Wildman–Crippen MR) is 68.5 cm³/mol. The highest BCUT2D eigenvalue weighted by Gasteiger charge is 2.13. The molecule has 0 heterocycles. The molecule has 0 saturated heterocycles. The van der Waals surface area contributed by atoms with Gasteiger partial charge in [0.05, 0.1) is 5.60 Å². The number of anilines is 1. The number of nitrogens with one attached hydrogen (secondary N) is 1. The molecule has 0 bridgehead atoms. The van der Waals surface area contributed by atoms with Crippen LogP contribution >= 0.6 is 0 Å². The van der Waals surface area contributed by atoms with Crippen LogP contribution in [0.1, 0.15) is 25.8 Å². The molecule has 0 aliphatic rings. The molecule has 4 nitrogen and oxygen atoms in total. The molecular weight excluding hydrogens is 216 g/mol. The number of nitrogen functional groups attached to an aromatic ring is 1. The van der Waals surface area contributed by atoms with Crippen molar-refractivity contribution in [3.63, 3.8) is 0 Å². The lowest BCUT2D eigenvalue weighted by atomic mass is 10.1. The van der Waals surface area contributed by atoms with E-state index in [0.717, 1.165) is 5.56 Å². The number of para-hydroxylation sites is 1. The molecule has 4 heteroatoms. The lowest BCUT2D eigenvalue weighted by molar-refractivity contribution is -0.122. The molecule has 0 unspecified atom stereocenters. The van der Waals surface area contributed by atoms with E-state index in [1.807, 2.05) is 24.3 Å². The molecule has 0 spiro atoms. The van der Waals surface area contributed by atoms with E-state index in [2.05, 4.69) is 5.32 Å². The van der Waals surface area contributed by atoms with Crippen LogP contribution in [0.4, 0.5) is 5.69 Å². The van der Waals surface area contributed by atoms with E-state index < -0.39 is 5.60 Å². The highest BCUT2D eigenvalue weighted by molar-refractivity contribution is 5.76. The third-order valence-electron chi connectivity index (χ3n) is 2.39. The number of carbonyl (C=O) groups excluding carboxylic acids is 1. The Bertz CT molecular complexity index is 383. The molecular formula is C13H20N2O2. The fourth-order valence-electron chi connectivity index (χ4n) is 1.41. The van der Waals surface area contributed by atoms with Crippen LogP contribution in [0.25, 0.3) is 0 Å². The quantitative estimate of drug-likeness (QED) is 0.670. The number of rotatable bonds is 5. The van der Waals surface area contributed by atoms with Gasteiger partial charge in [0.2, 0.25) is 5.91 Å². The van der Waals surface area contributed by atoms with Gasteiger partial charge in [-0.3, -0.25) is 4.79 Å². The molecule has 0 aromatic heterocycles. The second-order valence-corrected chi connectivity index (χ2v) is 4.79. The maximum atomic E-state index is 11.5. The van der Waals surface area contributed by atoms with Crippen LogP contribution in [-0.4, -0.2) is 23.2 Å². The molecule has 1 aromatic rings. The largest absolute Gasteiger partial charge is 0.399 e.